The summed E-state index contributed by atoms with van der Waals surface area (Å²) in [6, 6.07) is 7.91. The number of nitrogens with zero attached hydrogens (tertiary/aromatic N) is 1. The number of anilines is 1. The van der Waals surface area contributed by atoms with Crippen molar-refractivity contribution in [3.05, 3.63) is 29.8 Å². The standard InChI is InChI=1S/C14H21NO2/c1-14(2,3)17-13(16)10-11-6-8-12(9-7-11)15(4)5/h6-9H,10H2,1-5H3. The zero-order valence-corrected chi connectivity index (χ0v) is 11.3. The first-order chi connectivity index (χ1) is 7.78. The van der Waals surface area contributed by atoms with Gasteiger partial charge in [0.25, 0.3) is 0 Å². The monoisotopic (exact) mass is 235 g/mol. The van der Waals surface area contributed by atoms with Gasteiger partial charge in [-0.05, 0) is 38.5 Å². The van der Waals surface area contributed by atoms with E-state index in [0.29, 0.717) is 6.42 Å². The van der Waals surface area contributed by atoms with Crippen molar-refractivity contribution in [3.8, 4) is 0 Å². The number of esters is 1. The van der Waals surface area contributed by atoms with Gasteiger partial charge < -0.3 is 9.64 Å². The summed E-state index contributed by atoms with van der Waals surface area (Å²) in [7, 11) is 3.98. The highest BCUT2D eigenvalue weighted by atomic mass is 16.6. The molecule has 0 aliphatic heterocycles. The Morgan fingerprint density at radius 1 is 1.18 bits per heavy atom. The van der Waals surface area contributed by atoms with E-state index in [4.69, 9.17) is 4.74 Å². The fourth-order valence-corrected chi connectivity index (χ4v) is 1.46. The molecule has 0 saturated heterocycles. The minimum Gasteiger partial charge on any atom is -0.460 e. The second-order valence-corrected chi connectivity index (χ2v) is 5.32. The SMILES string of the molecule is CN(C)c1ccc(CC(=O)OC(C)(C)C)cc1. The summed E-state index contributed by atoms with van der Waals surface area (Å²) in [4.78, 5) is 13.6. The summed E-state index contributed by atoms with van der Waals surface area (Å²) >= 11 is 0. The molecule has 0 N–H and O–H groups in total. The van der Waals surface area contributed by atoms with E-state index in [2.05, 4.69) is 0 Å². The van der Waals surface area contributed by atoms with Gasteiger partial charge in [0.2, 0.25) is 0 Å². The van der Waals surface area contributed by atoms with Crippen LogP contribution in [0.5, 0.6) is 0 Å². The molecule has 0 radical (unpaired) electrons. The Morgan fingerprint density at radius 3 is 2.12 bits per heavy atom. The van der Waals surface area contributed by atoms with Crippen LogP contribution < -0.4 is 4.90 Å². The van der Waals surface area contributed by atoms with Crippen molar-refractivity contribution < 1.29 is 9.53 Å². The highest BCUT2D eigenvalue weighted by molar-refractivity contribution is 5.73. The average molecular weight is 235 g/mol. The summed E-state index contributed by atoms with van der Waals surface area (Å²) < 4.78 is 5.27. The third kappa shape index (κ3) is 4.89. The summed E-state index contributed by atoms with van der Waals surface area (Å²) in [6.45, 7) is 5.63. The zero-order valence-electron chi connectivity index (χ0n) is 11.3. The van der Waals surface area contributed by atoms with Gasteiger partial charge in [0.05, 0.1) is 6.42 Å². The summed E-state index contributed by atoms with van der Waals surface area (Å²) in [6.07, 6.45) is 0.324. The number of carbonyl (C=O) groups is 1. The van der Waals surface area contributed by atoms with Crippen molar-refractivity contribution in [1.29, 1.82) is 0 Å². The number of benzene rings is 1. The van der Waals surface area contributed by atoms with Crippen LogP contribution >= 0.6 is 0 Å². The van der Waals surface area contributed by atoms with Gasteiger partial charge in [-0.2, -0.15) is 0 Å². The molecule has 17 heavy (non-hydrogen) atoms. The lowest BCUT2D eigenvalue weighted by atomic mass is 10.1. The highest BCUT2D eigenvalue weighted by Crippen LogP contribution is 2.14. The van der Waals surface area contributed by atoms with Crippen molar-refractivity contribution in [3.63, 3.8) is 0 Å². The Balaban J connectivity index is 2.61. The van der Waals surface area contributed by atoms with Gasteiger partial charge in [-0.1, -0.05) is 12.1 Å². The van der Waals surface area contributed by atoms with E-state index in [-0.39, 0.29) is 5.97 Å². The predicted molar refractivity (Wildman–Crippen MR) is 70.3 cm³/mol. The number of hydrogen-bond donors (Lipinski definition) is 0. The van der Waals surface area contributed by atoms with Gasteiger partial charge in [-0.3, -0.25) is 4.79 Å². The lowest BCUT2D eigenvalue weighted by Crippen LogP contribution is -2.24. The molecule has 0 fully saturated rings. The molecule has 1 rings (SSSR count). The molecule has 0 unspecified atom stereocenters. The summed E-state index contributed by atoms with van der Waals surface area (Å²) in [5, 5.41) is 0. The molecule has 0 aliphatic carbocycles. The molecule has 0 atom stereocenters. The lowest BCUT2D eigenvalue weighted by Gasteiger charge is -2.19. The molecule has 0 heterocycles. The predicted octanol–water partition coefficient (Wildman–Crippen LogP) is 2.64. The van der Waals surface area contributed by atoms with Crippen LogP contribution in [0.4, 0.5) is 5.69 Å². The molecule has 1 aromatic carbocycles. The van der Waals surface area contributed by atoms with Crippen LogP contribution in [0.3, 0.4) is 0 Å². The van der Waals surface area contributed by atoms with E-state index in [9.17, 15) is 4.79 Å². The minimum absolute atomic E-state index is 0.185. The second-order valence-electron chi connectivity index (χ2n) is 5.32. The van der Waals surface area contributed by atoms with Crippen LogP contribution in [0.1, 0.15) is 26.3 Å². The zero-order chi connectivity index (χ0) is 13.1. The van der Waals surface area contributed by atoms with Crippen molar-refractivity contribution in [2.24, 2.45) is 0 Å². The Labute approximate surface area is 103 Å². The van der Waals surface area contributed by atoms with E-state index in [1.54, 1.807) is 0 Å². The van der Waals surface area contributed by atoms with Crippen LogP contribution in [0.25, 0.3) is 0 Å². The highest BCUT2D eigenvalue weighted by Gasteiger charge is 2.16. The summed E-state index contributed by atoms with van der Waals surface area (Å²) in [5.74, 6) is -0.185. The molecule has 0 aromatic heterocycles. The number of carbonyl (C=O) groups excluding carboxylic acids is 1. The third-order valence-corrected chi connectivity index (χ3v) is 2.22. The molecule has 0 aliphatic rings. The van der Waals surface area contributed by atoms with E-state index < -0.39 is 5.60 Å². The quantitative estimate of drug-likeness (QED) is 0.754. The lowest BCUT2D eigenvalue weighted by molar-refractivity contribution is -0.153. The van der Waals surface area contributed by atoms with Gasteiger partial charge in [0, 0.05) is 19.8 Å². The fourth-order valence-electron chi connectivity index (χ4n) is 1.46. The number of hydrogen-bond acceptors (Lipinski definition) is 3. The molecule has 3 heteroatoms. The van der Waals surface area contributed by atoms with E-state index in [0.717, 1.165) is 11.3 Å². The minimum atomic E-state index is -0.416. The van der Waals surface area contributed by atoms with Gasteiger partial charge in [0.1, 0.15) is 5.60 Å². The summed E-state index contributed by atoms with van der Waals surface area (Å²) in [5.41, 5.74) is 1.68. The van der Waals surface area contributed by atoms with Crippen LogP contribution in [-0.2, 0) is 16.0 Å². The molecule has 3 nitrogen and oxygen atoms in total. The first-order valence-corrected chi connectivity index (χ1v) is 5.76. The normalized spacial score (nSPS) is 11.1. The van der Waals surface area contributed by atoms with Crippen LogP contribution in [0, 0.1) is 0 Å². The number of ether oxygens (including phenoxy) is 1. The Kier molecular flexibility index (Phi) is 4.16. The van der Waals surface area contributed by atoms with Crippen LogP contribution in [-0.4, -0.2) is 25.7 Å². The average Bonchev–Trinajstić information content (AvgIpc) is 2.15. The largest absolute Gasteiger partial charge is 0.460 e. The maximum absolute atomic E-state index is 11.6. The molecule has 0 bridgehead atoms. The third-order valence-electron chi connectivity index (χ3n) is 2.22. The van der Waals surface area contributed by atoms with Crippen molar-refractivity contribution >= 4 is 11.7 Å². The van der Waals surface area contributed by atoms with Gasteiger partial charge in [-0.15, -0.1) is 0 Å². The molecular formula is C14H21NO2. The van der Waals surface area contributed by atoms with Crippen molar-refractivity contribution in [1.82, 2.24) is 0 Å². The molecule has 94 valence electrons. The smallest absolute Gasteiger partial charge is 0.310 e. The molecule has 0 saturated carbocycles. The maximum Gasteiger partial charge on any atom is 0.310 e. The molecule has 0 spiro atoms. The van der Waals surface area contributed by atoms with E-state index >= 15 is 0 Å². The van der Waals surface area contributed by atoms with Crippen molar-refractivity contribution in [2.45, 2.75) is 32.8 Å². The molecule has 1 aromatic rings. The fraction of sp³-hybridized carbons (Fsp3) is 0.500. The topological polar surface area (TPSA) is 29.5 Å². The number of rotatable bonds is 3. The van der Waals surface area contributed by atoms with Gasteiger partial charge in [0.15, 0.2) is 0 Å². The molecule has 0 amide bonds. The maximum atomic E-state index is 11.6. The van der Waals surface area contributed by atoms with E-state index in [1.165, 1.54) is 0 Å². The van der Waals surface area contributed by atoms with Crippen molar-refractivity contribution in [2.75, 3.05) is 19.0 Å². The van der Waals surface area contributed by atoms with Gasteiger partial charge >= 0.3 is 5.97 Å². The Bertz CT molecular complexity index is 374. The molecular weight excluding hydrogens is 214 g/mol. The Hall–Kier alpha value is -1.51. The first kappa shape index (κ1) is 13.6. The second kappa shape index (κ2) is 5.21. The van der Waals surface area contributed by atoms with Gasteiger partial charge in [-0.25, -0.2) is 0 Å². The van der Waals surface area contributed by atoms with Crippen LogP contribution in [0.2, 0.25) is 0 Å². The van der Waals surface area contributed by atoms with Crippen LogP contribution in [0.15, 0.2) is 24.3 Å². The first-order valence-electron chi connectivity index (χ1n) is 5.76. The van der Waals surface area contributed by atoms with E-state index in [1.807, 2.05) is 64.0 Å². The Morgan fingerprint density at radius 2 is 1.71 bits per heavy atom.